The van der Waals surface area contributed by atoms with Crippen molar-refractivity contribution in [3.8, 4) is 6.07 Å². The third-order valence-corrected chi connectivity index (χ3v) is 1.72. The van der Waals surface area contributed by atoms with Crippen LogP contribution in [-0.4, -0.2) is 18.5 Å². The molecule has 0 unspecified atom stereocenters. The molecule has 0 aliphatic carbocycles. The molecule has 6 radical (unpaired) electrons. The summed E-state index contributed by atoms with van der Waals surface area (Å²) in [6.45, 7) is 1.76. The molecular formula is C11H9N2OV10-. The quantitative estimate of drug-likeness (QED) is 0.275. The van der Waals surface area contributed by atoms with Crippen LogP contribution in [0.2, 0.25) is 0 Å². The Labute approximate surface area is 247 Å². The molecule has 0 fully saturated rings. The van der Waals surface area contributed by atoms with Gasteiger partial charge in [0.05, 0.1) is 18.2 Å². The summed E-state index contributed by atoms with van der Waals surface area (Å²) >= 11 is 9.00. The maximum atomic E-state index is 11.4. The average Bonchev–Trinajstić information content (AvgIpc) is 2.49. The van der Waals surface area contributed by atoms with Crippen LogP contribution in [0.1, 0.15) is 22.8 Å². The number of ketones is 1. The van der Waals surface area contributed by atoms with Crippen LogP contribution in [0.15, 0.2) is 29.3 Å². The van der Waals surface area contributed by atoms with Gasteiger partial charge in [-0.05, 0) is 12.1 Å². The van der Waals surface area contributed by atoms with Gasteiger partial charge in [-0.1, -0.05) is 12.1 Å². The molecule has 1 aromatic carbocycles. The van der Waals surface area contributed by atoms with Gasteiger partial charge in [0.1, 0.15) is 0 Å². The molecule has 0 aromatic heterocycles. The topological polar surface area (TPSA) is 53.2 Å². The first-order valence-corrected chi connectivity index (χ1v) is 10.9. The van der Waals surface area contributed by atoms with Gasteiger partial charge in [-0.25, -0.2) is 0 Å². The molecule has 0 heterocycles. The molecule has 0 aliphatic heterocycles. The van der Waals surface area contributed by atoms with Gasteiger partial charge in [0.15, 0.2) is 5.78 Å². The summed E-state index contributed by atoms with van der Waals surface area (Å²) in [4.78, 5) is 15.1. The number of benzene rings is 1. The van der Waals surface area contributed by atoms with E-state index in [9.17, 15) is 4.79 Å². The van der Waals surface area contributed by atoms with Gasteiger partial charge in [0, 0.05) is 117 Å². The van der Waals surface area contributed by atoms with E-state index in [0.717, 1.165) is 0 Å². The van der Waals surface area contributed by atoms with Crippen molar-refractivity contribution in [3.63, 3.8) is 0 Å². The Balaban J connectivity index is -0.0000000398. The van der Waals surface area contributed by atoms with E-state index < -0.39 is 0 Å². The summed E-state index contributed by atoms with van der Waals surface area (Å²) in [5, 5.41) is 8.55. The first-order valence-electron chi connectivity index (χ1n) is 4.54. The summed E-state index contributed by atoms with van der Waals surface area (Å²) in [5.41, 5.74) is 1.12. The van der Waals surface area contributed by atoms with Crippen LogP contribution in [0.5, 0.6) is 0 Å². The van der Waals surface area contributed by atoms with E-state index in [1.807, 2.05) is 6.07 Å². The fourth-order valence-electron chi connectivity index (χ4n) is 0.973. The number of Topliss-reactive ketones (excluding diaryl/α,β-unsaturated/α-hetero) is 1. The minimum atomic E-state index is -0.0659. The molecular weight excluding hydrogens is 686 g/mol. The second kappa shape index (κ2) is 41.3. The molecule has 0 bridgehead atoms. The SMILES string of the molecule is C[C-]=NCC(=O)c1ccc(C#N)cc1.[V].[V].[V].[V].[V].[V].[V]=[V].[V]=[V]. The predicted molar refractivity (Wildman–Crippen MR) is 53.5 cm³/mol. The zero-order valence-corrected chi connectivity index (χ0v) is 26.3. The Morgan fingerprint density at radius 2 is 1.38 bits per heavy atom. The summed E-state index contributed by atoms with van der Waals surface area (Å²) in [5.74, 6) is -0.0659. The van der Waals surface area contributed by atoms with Gasteiger partial charge >= 0.3 is 58.5 Å². The number of carbonyl (C=O) groups is 1. The second-order valence-electron chi connectivity index (χ2n) is 2.65. The molecule has 0 saturated heterocycles. The van der Waals surface area contributed by atoms with Gasteiger partial charge in [-0.15, -0.1) is 0 Å². The molecule has 13 heteroatoms. The van der Waals surface area contributed by atoms with E-state index in [-0.39, 0.29) is 124 Å². The van der Waals surface area contributed by atoms with Crippen molar-refractivity contribution in [1.29, 1.82) is 5.26 Å². The van der Waals surface area contributed by atoms with Crippen LogP contribution in [0.3, 0.4) is 0 Å². The molecule has 3 nitrogen and oxygen atoms in total. The van der Waals surface area contributed by atoms with E-state index in [1.165, 1.54) is 0 Å². The van der Waals surface area contributed by atoms with Crippen LogP contribution in [0.25, 0.3) is 0 Å². The van der Waals surface area contributed by atoms with Crippen molar-refractivity contribution < 1.29 is 175 Å². The Hall–Kier alpha value is 3.89. The van der Waals surface area contributed by atoms with Crippen molar-refractivity contribution in [2.45, 2.75) is 6.92 Å². The maximum absolute atomic E-state index is 11.4. The van der Waals surface area contributed by atoms with Crippen LogP contribution in [0, 0.1) is 11.3 Å². The second-order valence-corrected chi connectivity index (χ2v) is 2.65. The van der Waals surface area contributed by atoms with Crippen molar-refractivity contribution >= 4 is 12.0 Å². The molecule has 1 aromatic rings. The Morgan fingerprint density at radius 1 is 1.00 bits per heavy atom. The zero-order valence-electron chi connectivity index (χ0n) is 12.3. The van der Waals surface area contributed by atoms with Crippen molar-refractivity contribution in [3.05, 3.63) is 35.4 Å². The van der Waals surface area contributed by atoms with Gasteiger partial charge in [-0.2, -0.15) is 12.2 Å². The van der Waals surface area contributed by atoms with E-state index in [4.69, 9.17) is 5.26 Å². The van der Waals surface area contributed by atoms with Gasteiger partial charge in [-0.3, -0.25) is 4.79 Å². The Morgan fingerprint density at radius 3 is 1.67 bits per heavy atom. The fraction of sp³-hybridized carbons (Fsp3) is 0.182. The zero-order chi connectivity index (χ0) is 14.4. The Bertz CT molecular complexity index is 433. The average molecular weight is 695 g/mol. The molecule has 0 spiro atoms. The molecule has 0 N–H and O–H groups in total. The number of nitrogens with zero attached hydrogens (tertiary/aromatic N) is 2. The van der Waals surface area contributed by atoms with Crippen molar-refractivity contribution in [1.82, 2.24) is 0 Å². The van der Waals surface area contributed by atoms with Crippen molar-refractivity contribution in [2.75, 3.05) is 6.54 Å². The fourth-order valence-corrected chi connectivity index (χ4v) is 0.973. The summed E-state index contributed by atoms with van der Waals surface area (Å²) in [7, 11) is 0. The van der Waals surface area contributed by atoms with E-state index >= 15 is 0 Å². The number of aliphatic imine (C=N–C) groups is 1. The summed E-state index contributed by atoms with van der Waals surface area (Å²) in [6.07, 6.45) is 2.54. The predicted octanol–water partition coefficient (Wildman–Crippen LogP) is 1.68. The van der Waals surface area contributed by atoms with Crippen LogP contribution in [0.4, 0.5) is 0 Å². The van der Waals surface area contributed by atoms with Gasteiger partial charge in [0.25, 0.3) is 0 Å². The van der Waals surface area contributed by atoms with Crippen molar-refractivity contribution in [2.24, 2.45) is 4.99 Å². The third kappa shape index (κ3) is 28.1. The van der Waals surface area contributed by atoms with E-state index in [2.05, 4.69) is 69.7 Å². The standard InChI is InChI=1S/C11H9N2O.10V/c1-2-13-8-11(14)10-5-3-9(7-12)4-6-10;;;;;;;;;;/h3-6H,8H2,1H3;;;;;;;;;;/q-1;;;;;;;;;;. The first kappa shape index (κ1) is 51.0. The molecule has 0 atom stereocenters. The third-order valence-electron chi connectivity index (χ3n) is 1.72. The monoisotopic (exact) mass is 695 g/mol. The van der Waals surface area contributed by atoms with Crippen LogP contribution in [-0.2, 0) is 170 Å². The molecule has 120 valence electrons. The minimum absolute atomic E-state index is 0. The first-order chi connectivity index (χ1) is 8.77. The molecule has 0 saturated carbocycles. The normalized spacial score (nSPS) is 6.00. The number of hydrogen-bond acceptors (Lipinski definition) is 3. The van der Waals surface area contributed by atoms with E-state index in [1.54, 1.807) is 31.2 Å². The van der Waals surface area contributed by atoms with Gasteiger partial charge in [0.2, 0.25) is 0 Å². The van der Waals surface area contributed by atoms with E-state index in [0.29, 0.717) is 11.1 Å². The summed E-state index contributed by atoms with van der Waals surface area (Å²) < 4.78 is 0. The molecule has 24 heavy (non-hydrogen) atoms. The summed E-state index contributed by atoms with van der Waals surface area (Å²) in [6, 6.07) is 8.49. The molecule has 0 amide bonds. The molecule has 0 aliphatic rings. The number of nitriles is 1. The number of rotatable bonds is 3. The van der Waals surface area contributed by atoms with Gasteiger partial charge < -0.3 is 11.2 Å². The number of hydrogen-bond donors (Lipinski definition) is 0. The Kier molecular flexibility index (Phi) is 87.7. The van der Waals surface area contributed by atoms with Crippen LogP contribution >= 0.6 is 0 Å². The van der Waals surface area contributed by atoms with Crippen LogP contribution < -0.4 is 0 Å². The molecule has 1 rings (SSSR count). The number of carbonyl (C=O) groups excluding carboxylic acids is 1.